The van der Waals surface area contributed by atoms with Gasteiger partial charge in [-0.25, -0.2) is 0 Å². The molecule has 0 aliphatic rings. The Balaban J connectivity index is 2.19. The maximum atomic E-state index is 6.02. The highest BCUT2D eigenvalue weighted by molar-refractivity contribution is 7.80. The number of aromatic nitrogens is 1. The molecule has 1 aromatic carbocycles. The Morgan fingerprint density at radius 3 is 2.55 bits per heavy atom. The molecule has 2 aromatic rings. The summed E-state index contributed by atoms with van der Waals surface area (Å²) >= 11 is 11.6. The fraction of sp³-hybridized carbons (Fsp3) is 0.294. The van der Waals surface area contributed by atoms with Crippen molar-refractivity contribution >= 4 is 34.6 Å². The van der Waals surface area contributed by atoms with Crippen LogP contribution in [0.5, 0.6) is 0 Å². The molecule has 5 heteroatoms. The van der Waals surface area contributed by atoms with Gasteiger partial charge in [0.25, 0.3) is 0 Å². The summed E-state index contributed by atoms with van der Waals surface area (Å²) in [5.41, 5.74) is 1.88. The molecule has 1 atom stereocenters. The summed E-state index contributed by atoms with van der Waals surface area (Å²) in [7, 11) is 0. The molecule has 0 radical (unpaired) electrons. The second-order valence-corrected chi connectivity index (χ2v) is 6.20. The number of hydrogen-bond donors (Lipinski definition) is 1. The molecule has 0 aliphatic carbocycles. The molecule has 1 heterocycles. The van der Waals surface area contributed by atoms with E-state index in [2.05, 4.69) is 36.0 Å². The summed E-state index contributed by atoms with van der Waals surface area (Å²) in [6, 6.07) is 13.8. The summed E-state index contributed by atoms with van der Waals surface area (Å²) in [6.45, 7) is 6.34. The number of anilines is 1. The lowest BCUT2D eigenvalue weighted by atomic mass is 10.1. The Kier molecular flexibility index (Phi) is 5.75. The standard InChI is InChI=1S/C17H20ClN3S/c1-12(2)21(13(3)16-9-4-5-10-19-16)17(22)20-15-8-6-7-14(18)11-15/h4-13H,1-3H3,(H,20,22)/t13-/m1/s1. The number of nitrogens with one attached hydrogen (secondary N) is 1. The molecule has 0 spiro atoms. The van der Waals surface area contributed by atoms with Gasteiger partial charge in [0, 0.05) is 22.9 Å². The van der Waals surface area contributed by atoms with E-state index in [9.17, 15) is 0 Å². The van der Waals surface area contributed by atoms with Crippen molar-refractivity contribution in [2.75, 3.05) is 5.32 Å². The van der Waals surface area contributed by atoms with Crippen LogP contribution in [0, 0.1) is 0 Å². The van der Waals surface area contributed by atoms with E-state index in [1.807, 2.05) is 42.5 Å². The summed E-state index contributed by atoms with van der Waals surface area (Å²) in [5.74, 6) is 0. The van der Waals surface area contributed by atoms with Gasteiger partial charge in [-0.3, -0.25) is 4.98 Å². The lowest BCUT2D eigenvalue weighted by Crippen LogP contribution is -2.41. The van der Waals surface area contributed by atoms with Crippen LogP contribution in [0.3, 0.4) is 0 Å². The number of rotatable bonds is 4. The van der Waals surface area contributed by atoms with Crippen LogP contribution in [0.25, 0.3) is 0 Å². The number of thiocarbonyl (C=S) groups is 1. The zero-order chi connectivity index (χ0) is 16.1. The monoisotopic (exact) mass is 333 g/mol. The minimum atomic E-state index is 0.0837. The van der Waals surface area contributed by atoms with Gasteiger partial charge in [0.15, 0.2) is 5.11 Å². The minimum Gasteiger partial charge on any atom is -0.338 e. The van der Waals surface area contributed by atoms with Crippen LogP contribution in [0.1, 0.15) is 32.5 Å². The molecule has 2 rings (SSSR count). The smallest absolute Gasteiger partial charge is 0.174 e. The molecular formula is C17H20ClN3S. The van der Waals surface area contributed by atoms with Gasteiger partial charge in [0.1, 0.15) is 0 Å². The van der Waals surface area contributed by atoms with E-state index in [1.165, 1.54) is 0 Å². The molecule has 0 saturated heterocycles. The van der Waals surface area contributed by atoms with Crippen LogP contribution in [0.4, 0.5) is 5.69 Å². The number of hydrogen-bond acceptors (Lipinski definition) is 2. The quantitative estimate of drug-likeness (QED) is 0.805. The first-order valence-electron chi connectivity index (χ1n) is 7.25. The molecule has 22 heavy (non-hydrogen) atoms. The van der Waals surface area contributed by atoms with Gasteiger partial charge in [0.05, 0.1) is 11.7 Å². The molecule has 0 amide bonds. The highest BCUT2D eigenvalue weighted by Crippen LogP contribution is 2.23. The molecule has 0 unspecified atom stereocenters. The zero-order valence-corrected chi connectivity index (χ0v) is 14.5. The first-order valence-corrected chi connectivity index (χ1v) is 8.03. The van der Waals surface area contributed by atoms with Crippen LogP contribution in [0.15, 0.2) is 48.7 Å². The van der Waals surface area contributed by atoms with Crippen LogP contribution in [-0.4, -0.2) is 21.0 Å². The van der Waals surface area contributed by atoms with Crippen molar-refractivity contribution in [1.29, 1.82) is 0 Å². The Hall–Kier alpha value is -1.65. The molecule has 1 N–H and O–H groups in total. The molecule has 1 aromatic heterocycles. The summed E-state index contributed by atoms with van der Waals surface area (Å²) in [5, 5.41) is 4.60. The van der Waals surface area contributed by atoms with Gasteiger partial charge in [-0.2, -0.15) is 0 Å². The van der Waals surface area contributed by atoms with E-state index in [-0.39, 0.29) is 12.1 Å². The van der Waals surface area contributed by atoms with E-state index < -0.39 is 0 Å². The molecule has 0 fully saturated rings. The molecule has 0 saturated carbocycles. The highest BCUT2D eigenvalue weighted by atomic mass is 35.5. The van der Waals surface area contributed by atoms with Crippen molar-refractivity contribution in [2.24, 2.45) is 0 Å². The predicted octanol–water partition coefficient (Wildman–Crippen LogP) is 4.90. The first-order chi connectivity index (χ1) is 10.5. The largest absolute Gasteiger partial charge is 0.338 e. The highest BCUT2D eigenvalue weighted by Gasteiger charge is 2.22. The van der Waals surface area contributed by atoms with Crippen molar-refractivity contribution in [3.63, 3.8) is 0 Å². The predicted molar refractivity (Wildman–Crippen MR) is 97.3 cm³/mol. The Morgan fingerprint density at radius 2 is 1.95 bits per heavy atom. The third-order valence-electron chi connectivity index (χ3n) is 3.40. The fourth-order valence-corrected chi connectivity index (χ4v) is 3.05. The first kappa shape index (κ1) is 16.7. The zero-order valence-electron chi connectivity index (χ0n) is 13.0. The second kappa shape index (κ2) is 7.56. The summed E-state index contributed by atoms with van der Waals surface area (Å²) in [4.78, 5) is 6.57. The fourth-order valence-electron chi connectivity index (χ4n) is 2.38. The third-order valence-corrected chi connectivity index (χ3v) is 3.95. The Labute approximate surface area is 142 Å². The van der Waals surface area contributed by atoms with Crippen LogP contribution >= 0.6 is 23.8 Å². The van der Waals surface area contributed by atoms with Crippen molar-refractivity contribution in [2.45, 2.75) is 32.9 Å². The SMILES string of the molecule is CC(C)N(C(=S)Nc1cccc(Cl)c1)[C@H](C)c1ccccn1. The Morgan fingerprint density at radius 1 is 1.18 bits per heavy atom. The van der Waals surface area contributed by atoms with Gasteiger partial charge in [-0.05, 0) is 63.3 Å². The molecule has 116 valence electrons. The second-order valence-electron chi connectivity index (χ2n) is 5.37. The summed E-state index contributed by atoms with van der Waals surface area (Å²) in [6.07, 6.45) is 1.80. The molecule has 0 aliphatic heterocycles. The molecular weight excluding hydrogens is 314 g/mol. The van der Waals surface area contributed by atoms with Gasteiger partial charge in [0.2, 0.25) is 0 Å². The van der Waals surface area contributed by atoms with Crippen molar-refractivity contribution in [3.05, 3.63) is 59.4 Å². The normalized spacial score (nSPS) is 12.0. The minimum absolute atomic E-state index is 0.0837. The van der Waals surface area contributed by atoms with Gasteiger partial charge < -0.3 is 10.2 Å². The van der Waals surface area contributed by atoms with Crippen LogP contribution in [0.2, 0.25) is 5.02 Å². The van der Waals surface area contributed by atoms with E-state index in [1.54, 1.807) is 6.20 Å². The van der Waals surface area contributed by atoms with Gasteiger partial charge in [-0.1, -0.05) is 23.7 Å². The van der Waals surface area contributed by atoms with Crippen molar-refractivity contribution in [3.8, 4) is 0 Å². The average molecular weight is 334 g/mol. The van der Waals surface area contributed by atoms with E-state index in [0.717, 1.165) is 11.4 Å². The van der Waals surface area contributed by atoms with Crippen LogP contribution < -0.4 is 5.32 Å². The van der Waals surface area contributed by atoms with E-state index in [4.69, 9.17) is 23.8 Å². The summed E-state index contributed by atoms with van der Waals surface area (Å²) < 4.78 is 0. The van der Waals surface area contributed by atoms with Crippen LogP contribution in [-0.2, 0) is 0 Å². The van der Waals surface area contributed by atoms with E-state index >= 15 is 0 Å². The third kappa shape index (κ3) is 4.18. The maximum Gasteiger partial charge on any atom is 0.174 e. The number of benzene rings is 1. The van der Waals surface area contributed by atoms with E-state index in [0.29, 0.717) is 10.1 Å². The van der Waals surface area contributed by atoms with Crippen molar-refractivity contribution in [1.82, 2.24) is 9.88 Å². The number of pyridine rings is 1. The average Bonchev–Trinajstić information content (AvgIpc) is 2.47. The number of halogens is 1. The lowest BCUT2D eigenvalue weighted by molar-refractivity contribution is 0.280. The van der Waals surface area contributed by atoms with Gasteiger partial charge in [-0.15, -0.1) is 0 Å². The van der Waals surface area contributed by atoms with Gasteiger partial charge >= 0.3 is 0 Å². The molecule has 0 bridgehead atoms. The lowest BCUT2D eigenvalue weighted by Gasteiger charge is -2.35. The van der Waals surface area contributed by atoms with Crippen molar-refractivity contribution < 1.29 is 0 Å². The number of nitrogens with zero attached hydrogens (tertiary/aromatic N) is 2. The maximum absolute atomic E-state index is 6.02. The molecule has 3 nitrogen and oxygen atoms in total. The topological polar surface area (TPSA) is 28.2 Å². The Bertz CT molecular complexity index is 631.